The first-order valence-electron chi connectivity index (χ1n) is 10.5. The van der Waals surface area contributed by atoms with Crippen LogP contribution in [0.2, 0.25) is 0 Å². The van der Waals surface area contributed by atoms with Crippen LogP contribution < -0.4 is 10.1 Å². The Morgan fingerprint density at radius 2 is 1.71 bits per heavy atom. The molecule has 1 aromatic heterocycles. The molecule has 0 radical (unpaired) electrons. The van der Waals surface area contributed by atoms with E-state index in [0.717, 1.165) is 24.1 Å². The average molecular weight is 419 g/mol. The molecule has 0 bridgehead atoms. The maximum Gasteiger partial charge on any atom is 0.295 e. The van der Waals surface area contributed by atoms with Crippen molar-refractivity contribution in [3.05, 3.63) is 60.3 Å². The smallest absolute Gasteiger partial charge is 0.295 e. The average Bonchev–Trinajstić information content (AvgIpc) is 3.43. The predicted octanol–water partition coefficient (Wildman–Crippen LogP) is 3.48. The fourth-order valence-electron chi connectivity index (χ4n) is 3.89. The minimum Gasteiger partial charge on any atom is -0.494 e. The van der Waals surface area contributed by atoms with Gasteiger partial charge in [0.25, 0.3) is 11.7 Å². The number of carbonyl (C=O) groups excluding carboxylic acids is 3. The summed E-state index contributed by atoms with van der Waals surface area (Å²) >= 11 is 0. The van der Waals surface area contributed by atoms with E-state index in [1.807, 2.05) is 25.1 Å². The maximum atomic E-state index is 12.9. The minimum absolute atomic E-state index is 0.0267. The zero-order valence-electron chi connectivity index (χ0n) is 17.5. The van der Waals surface area contributed by atoms with Crippen molar-refractivity contribution in [3.8, 4) is 5.75 Å². The van der Waals surface area contributed by atoms with E-state index in [2.05, 4.69) is 5.32 Å². The van der Waals surface area contributed by atoms with Gasteiger partial charge in [-0.25, -0.2) is 0 Å². The number of Topliss-reactive ketones (excluding diaryl/α,β-unsaturated/α-hetero) is 1. The van der Waals surface area contributed by atoms with Crippen molar-refractivity contribution < 1.29 is 19.1 Å². The lowest BCUT2D eigenvalue weighted by atomic mass is 10.1. The first kappa shape index (κ1) is 20.7. The van der Waals surface area contributed by atoms with Crippen molar-refractivity contribution in [1.82, 2.24) is 9.47 Å². The molecule has 2 amide bonds. The molecule has 4 rings (SSSR count). The van der Waals surface area contributed by atoms with Crippen molar-refractivity contribution in [3.63, 3.8) is 0 Å². The first-order chi connectivity index (χ1) is 15.1. The Kier molecular flexibility index (Phi) is 6.02. The molecule has 3 aromatic rings. The molecule has 0 spiro atoms. The van der Waals surface area contributed by atoms with Gasteiger partial charge in [-0.2, -0.15) is 0 Å². The van der Waals surface area contributed by atoms with Crippen LogP contribution in [0.1, 0.15) is 30.1 Å². The van der Waals surface area contributed by atoms with Crippen molar-refractivity contribution in [1.29, 1.82) is 0 Å². The van der Waals surface area contributed by atoms with Crippen LogP contribution in [0.3, 0.4) is 0 Å². The number of ether oxygens (including phenoxy) is 1. The molecule has 1 N–H and O–H groups in total. The van der Waals surface area contributed by atoms with Gasteiger partial charge < -0.3 is 19.5 Å². The summed E-state index contributed by atoms with van der Waals surface area (Å²) in [6.07, 6.45) is 3.46. The third kappa shape index (κ3) is 4.45. The highest BCUT2D eigenvalue weighted by atomic mass is 16.5. The van der Waals surface area contributed by atoms with E-state index in [0.29, 0.717) is 36.3 Å². The minimum atomic E-state index is -0.524. The highest BCUT2D eigenvalue weighted by molar-refractivity contribution is 6.44. The number of aromatic nitrogens is 1. The second-order valence-corrected chi connectivity index (χ2v) is 7.52. The number of carbonyl (C=O) groups is 3. The van der Waals surface area contributed by atoms with Gasteiger partial charge in [0.2, 0.25) is 5.91 Å². The zero-order chi connectivity index (χ0) is 21.8. The molecule has 1 aliphatic rings. The van der Waals surface area contributed by atoms with Gasteiger partial charge in [0.05, 0.1) is 12.2 Å². The Morgan fingerprint density at radius 1 is 1.00 bits per heavy atom. The molecule has 2 heterocycles. The summed E-state index contributed by atoms with van der Waals surface area (Å²) in [4.78, 5) is 39.8. The number of para-hydroxylation sites is 1. The fourth-order valence-corrected chi connectivity index (χ4v) is 3.89. The molecule has 0 saturated carbocycles. The second kappa shape index (κ2) is 9.04. The molecule has 160 valence electrons. The predicted molar refractivity (Wildman–Crippen MR) is 118 cm³/mol. The number of benzene rings is 2. The number of rotatable bonds is 7. The first-order valence-corrected chi connectivity index (χ1v) is 10.5. The molecule has 7 heteroatoms. The molecule has 2 aromatic carbocycles. The Labute approximate surface area is 180 Å². The summed E-state index contributed by atoms with van der Waals surface area (Å²) in [5.41, 5.74) is 1.73. The monoisotopic (exact) mass is 419 g/mol. The van der Waals surface area contributed by atoms with E-state index < -0.39 is 11.7 Å². The number of nitrogens with one attached hydrogen (secondary N) is 1. The summed E-state index contributed by atoms with van der Waals surface area (Å²) < 4.78 is 7.12. The topological polar surface area (TPSA) is 80.6 Å². The van der Waals surface area contributed by atoms with Crippen LogP contribution in [-0.2, 0) is 16.1 Å². The van der Waals surface area contributed by atoms with Gasteiger partial charge in [-0.05, 0) is 50.1 Å². The number of anilines is 1. The molecule has 7 nitrogen and oxygen atoms in total. The second-order valence-electron chi connectivity index (χ2n) is 7.52. The van der Waals surface area contributed by atoms with Gasteiger partial charge in [-0.3, -0.25) is 14.4 Å². The largest absolute Gasteiger partial charge is 0.494 e. The van der Waals surface area contributed by atoms with Gasteiger partial charge in [-0.1, -0.05) is 18.2 Å². The van der Waals surface area contributed by atoms with Crippen LogP contribution in [0.5, 0.6) is 5.75 Å². The van der Waals surface area contributed by atoms with Gasteiger partial charge >= 0.3 is 0 Å². The standard InChI is InChI=1S/C24H25N3O4/c1-2-31-18-11-9-17(10-12-18)25-22(28)16-27-15-20(19-7-3-4-8-21(19)27)23(29)24(30)26-13-5-6-14-26/h3-4,7-12,15H,2,5-6,13-14,16H2,1H3,(H,25,28). The van der Waals surface area contributed by atoms with Crippen molar-refractivity contribution in [2.24, 2.45) is 0 Å². The highest BCUT2D eigenvalue weighted by Crippen LogP contribution is 2.23. The van der Waals surface area contributed by atoms with Crippen LogP contribution in [0.15, 0.2) is 54.7 Å². The Balaban J connectivity index is 1.53. The van der Waals surface area contributed by atoms with Crippen LogP contribution in [0.25, 0.3) is 10.9 Å². The van der Waals surface area contributed by atoms with Crippen molar-refractivity contribution >= 4 is 34.2 Å². The Hall–Kier alpha value is -3.61. The molecule has 0 aliphatic carbocycles. The third-order valence-electron chi connectivity index (χ3n) is 5.38. The number of nitrogens with zero attached hydrogens (tertiary/aromatic N) is 2. The summed E-state index contributed by atoms with van der Waals surface area (Å²) in [6.45, 7) is 3.75. The van der Waals surface area contributed by atoms with E-state index in [4.69, 9.17) is 4.74 Å². The lowest BCUT2D eigenvalue weighted by molar-refractivity contribution is -0.125. The SMILES string of the molecule is CCOc1ccc(NC(=O)Cn2cc(C(=O)C(=O)N3CCCC3)c3ccccc32)cc1. The molecular weight excluding hydrogens is 394 g/mol. The summed E-state index contributed by atoms with van der Waals surface area (Å²) in [6, 6.07) is 14.5. The lowest BCUT2D eigenvalue weighted by Crippen LogP contribution is -2.34. The van der Waals surface area contributed by atoms with Crippen LogP contribution in [0.4, 0.5) is 5.69 Å². The fraction of sp³-hybridized carbons (Fsp3) is 0.292. The lowest BCUT2D eigenvalue weighted by Gasteiger charge is -2.13. The number of amides is 2. The normalized spacial score (nSPS) is 13.4. The van der Waals surface area contributed by atoms with E-state index >= 15 is 0 Å². The zero-order valence-corrected chi connectivity index (χ0v) is 17.5. The quantitative estimate of drug-likeness (QED) is 0.470. The van der Waals surface area contributed by atoms with E-state index in [-0.39, 0.29) is 12.5 Å². The molecular formula is C24H25N3O4. The van der Waals surface area contributed by atoms with E-state index in [9.17, 15) is 14.4 Å². The maximum absolute atomic E-state index is 12.9. The van der Waals surface area contributed by atoms with Gasteiger partial charge in [-0.15, -0.1) is 0 Å². The molecule has 1 saturated heterocycles. The number of fused-ring (bicyclic) bond motifs is 1. The molecule has 1 aliphatic heterocycles. The Bertz CT molecular complexity index is 1110. The third-order valence-corrected chi connectivity index (χ3v) is 5.38. The summed E-state index contributed by atoms with van der Waals surface area (Å²) in [5, 5.41) is 3.53. The molecule has 1 fully saturated rings. The Morgan fingerprint density at radius 3 is 2.42 bits per heavy atom. The summed E-state index contributed by atoms with van der Waals surface area (Å²) in [7, 11) is 0. The number of hydrogen-bond acceptors (Lipinski definition) is 4. The van der Waals surface area contributed by atoms with Crippen molar-refractivity contribution in [2.45, 2.75) is 26.3 Å². The highest BCUT2D eigenvalue weighted by Gasteiger charge is 2.28. The summed E-state index contributed by atoms with van der Waals surface area (Å²) in [5.74, 6) is -0.486. The van der Waals surface area contributed by atoms with Crippen LogP contribution >= 0.6 is 0 Å². The number of likely N-dealkylation sites (tertiary alicyclic amines) is 1. The number of ketones is 1. The molecule has 0 unspecified atom stereocenters. The van der Waals surface area contributed by atoms with Gasteiger partial charge in [0.1, 0.15) is 12.3 Å². The van der Waals surface area contributed by atoms with E-state index in [1.54, 1.807) is 46.0 Å². The van der Waals surface area contributed by atoms with Crippen LogP contribution in [-0.4, -0.2) is 46.8 Å². The molecule has 0 atom stereocenters. The van der Waals surface area contributed by atoms with Crippen molar-refractivity contribution in [2.75, 3.05) is 25.0 Å². The van der Waals surface area contributed by atoms with E-state index in [1.165, 1.54) is 0 Å². The van der Waals surface area contributed by atoms with Gasteiger partial charge in [0, 0.05) is 35.9 Å². The number of hydrogen-bond donors (Lipinski definition) is 1. The molecule has 31 heavy (non-hydrogen) atoms. The van der Waals surface area contributed by atoms with Crippen LogP contribution in [0, 0.1) is 0 Å². The van der Waals surface area contributed by atoms with Gasteiger partial charge in [0.15, 0.2) is 0 Å².